The Hall–Kier alpha value is -3.21. The predicted octanol–water partition coefficient (Wildman–Crippen LogP) is 2.46. The summed E-state index contributed by atoms with van der Waals surface area (Å²) in [6, 6.07) is 1.30. The highest BCUT2D eigenvalue weighted by atomic mass is 19.1. The van der Waals surface area contributed by atoms with Gasteiger partial charge in [0.2, 0.25) is 0 Å². The first-order valence-corrected chi connectivity index (χ1v) is 11.3. The largest absolute Gasteiger partial charge is 0.378 e. The second kappa shape index (κ2) is 9.34. The average Bonchev–Trinajstić information content (AvgIpc) is 3.24. The van der Waals surface area contributed by atoms with E-state index in [1.807, 2.05) is 0 Å². The summed E-state index contributed by atoms with van der Waals surface area (Å²) in [5, 5.41) is 9.84. The summed E-state index contributed by atoms with van der Waals surface area (Å²) in [5.41, 5.74) is 1.22. The highest BCUT2D eigenvalue weighted by molar-refractivity contribution is 5.97. The Labute approximate surface area is 189 Å². The number of morpholine rings is 1. The van der Waals surface area contributed by atoms with E-state index in [2.05, 4.69) is 30.9 Å². The monoisotopic (exact) mass is 459 g/mol. The average molecular weight is 460 g/mol. The van der Waals surface area contributed by atoms with Crippen LogP contribution in [0.1, 0.15) is 37.4 Å². The Morgan fingerprint density at radius 3 is 2.88 bits per heavy atom. The number of nitrogens with one attached hydrogen (secondary N) is 4. The van der Waals surface area contributed by atoms with Gasteiger partial charge in [0.25, 0.3) is 0 Å². The van der Waals surface area contributed by atoms with Gasteiger partial charge in [0.05, 0.1) is 19.4 Å². The molecule has 0 aromatic carbocycles. The lowest BCUT2D eigenvalue weighted by atomic mass is 9.91. The molecule has 11 heteroatoms. The van der Waals surface area contributed by atoms with E-state index >= 15 is 0 Å². The minimum atomic E-state index is -0.579. The van der Waals surface area contributed by atoms with Gasteiger partial charge in [-0.2, -0.15) is 0 Å². The molecule has 176 valence electrons. The van der Waals surface area contributed by atoms with E-state index in [9.17, 15) is 13.6 Å². The van der Waals surface area contributed by atoms with Crippen LogP contribution in [-0.2, 0) is 4.74 Å². The predicted molar refractivity (Wildman–Crippen MR) is 119 cm³/mol. The summed E-state index contributed by atoms with van der Waals surface area (Å²) in [6.07, 6.45) is 6.88. The molecule has 1 saturated carbocycles. The quantitative estimate of drug-likeness (QED) is 0.564. The first-order valence-electron chi connectivity index (χ1n) is 11.3. The fourth-order valence-corrected chi connectivity index (χ4v) is 4.62. The van der Waals surface area contributed by atoms with Gasteiger partial charge in [0.15, 0.2) is 11.7 Å². The van der Waals surface area contributed by atoms with Gasteiger partial charge in [0.1, 0.15) is 17.6 Å². The third kappa shape index (κ3) is 4.77. The van der Waals surface area contributed by atoms with Crippen LogP contribution in [0.25, 0.3) is 11.0 Å². The zero-order valence-electron chi connectivity index (χ0n) is 18.1. The number of hydrogen-bond donors (Lipinski definition) is 4. The molecule has 0 bridgehead atoms. The van der Waals surface area contributed by atoms with Crippen molar-refractivity contribution in [3.05, 3.63) is 41.9 Å². The molecule has 3 aliphatic rings. The zero-order chi connectivity index (χ0) is 22.8. The van der Waals surface area contributed by atoms with Gasteiger partial charge in [-0.05, 0) is 31.7 Å². The summed E-state index contributed by atoms with van der Waals surface area (Å²) in [5.74, 6) is -0.784. The topological polar surface area (TPSA) is 107 Å². The maximum absolute atomic E-state index is 14.6. The number of aliphatic imine (C=N–C) groups is 1. The number of amides is 2. The lowest BCUT2D eigenvalue weighted by Crippen LogP contribution is -2.52. The van der Waals surface area contributed by atoms with Gasteiger partial charge in [0, 0.05) is 48.5 Å². The number of fused-ring (bicyclic) bond motifs is 1. The maximum atomic E-state index is 14.6. The standard InChI is InChI=1S/C22H27F2N7O2/c23-13-8-16-17(11-26-19(16)25-10-13)20-27-12-18(24)21(30-20)28-14-2-1-3-15(9-14)29-22(32)31-4-6-33-7-5-31/h8,10-12,14-15,20,27H,1-7,9H2,(H,25,26)(H,28,30)(H,29,32)/t14-,15+,20?/m0/s1. The molecule has 2 aromatic heterocycles. The molecule has 2 aliphatic heterocycles. The van der Waals surface area contributed by atoms with Crippen molar-refractivity contribution in [2.75, 3.05) is 26.3 Å². The van der Waals surface area contributed by atoms with E-state index in [0.29, 0.717) is 49.3 Å². The molecule has 9 nitrogen and oxygen atoms in total. The van der Waals surface area contributed by atoms with Gasteiger partial charge < -0.3 is 30.6 Å². The number of nitrogens with zero attached hydrogens (tertiary/aromatic N) is 3. The number of carbonyl (C=O) groups is 1. The molecule has 2 aromatic rings. The number of H-pyrrole nitrogens is 1. The molecule has 33 heavy (non-hydrogen) atoms. The molecule has 5 rings (SSSR count). The Kier molecular flexibility index (Phi) is 6.12. The van der Waals surface area contributed by atoms with Gasteiger partial charge in [-0.25, -0.2) is 23.6 Å². The molecule has 3 atom stereocenters. The number of halogens is 2. The summed E-state index contributed by atoms with van der Waals surface area (Å²) in [6.45, 7) is 2.30. The van der Waals surface area contributed by atoms with E-state index in [1.165, 1.54) is 12.3 Å². The Bertz CT molecular complexity index is 1080. The van der Waals surface area contributed by atoms with Gasteiger partial charge in [-0.15, -0.1) is 0 Å². The number of rotatable bonds is 3. The van der Waals surface area contributed by atoms with Crippen LogP contribution in [-0.4, -0.2) is 65.1 Å². The van der Waals surface area contributed by atoms with Crippen LogP contribution in [0.4, 0.5) is 13.6 Å². The van der Waals surface area contributed by atoms with Crippen LogP contribution in [0.5, 0.6) is 0 Å². The number of aromatic amines is 1. The van der Waals surface area contributed by atoms with Crippen LogP contribution in [0.3, 0.4) is 0 Å². The van der Waals surface area contributed by atoms with Crippen LogP contribution < -0.4 is 16.0 Å². The van der Waals surface area contributed by atoms with Crippen molar-refractivity contribution in [3.8, 4) is 0 Å². The van der Waals surface area contributed by atoms with Gasteiger partial charge in [-0.3, -0.25) is 0 Å². The summed E-state index contributed by atoms with van der Waals surface area (Å²) in [4.78, 5) is 25.8. The summed E-state index contributed by atoms with van der Waals surface area (Å²) in [7, 11) is 0. The second-order valence-electron chi connectivity index (χ2n) is 8.59. The molecule has 4 N–H and O–H groups in total. The lowest BCUT2D eigenvalue weighted by molar-refractivity contribution is 0.0520. The highest BCUT2D eigenvalue weighted by Gasteiger charge is 2.28. The van der Waals surface area contributed by atoms with Crippen LogP contribution in [0.2, 0.25) is 0 Å². The number of hydrogen-bond acceptors (Lipinski definition) is 6. The Morgan fingerprint density at radius 2 is 2.03 bits per heavy atom. The summed E-state index contributed by atoms with van der Waals surface area (Å²) < 4.78 is 33.6. The molecule has 2 amide bonds. The maximum Gasteiger partial charge on any atom is 0.317 e. The molecule has 2 fully saturated rings. The van der Waals surface area contributed by atoms with E-state index < -0.39 is 17.8 Å². The zero-order valence-corrected chi connectivity index (χ0v) is 18.1. The van der Waals surface area contributed by atoms with Gasteiger partial charge >= 0.3 is 6.03 Å². The molecule has 0 spiro atoms. The molecule has 0 radical (unpaired) electrons. The van der Waals surface area contributed by atoms with Crippen molar-refractivity contribution in [1.29, 1.82) is 0 Å². The van der Waals surface area contributed by atoms with Crippen molar-refractivity contribution < 1.29 is 18.3 Å². The molecule has 1 aliphatic carbocycles. The SMILES string of the molecule is O=C(N[C@@H]1CCC[C@H](NC2=NC(c3c[nH]c4ncc(F)cc34)NC=C2F)C1)N1CCOCC1. The van der Waals surface area contributed by atoms with E-state index in [0.717, 1.165) is 25.5 Å². The van der Waals surface area contributed by atoms with Crippen molar-refractivity contribution in [2.24, 2.45) is 4.99 Å². The van der Waals surface area contributed by atoms with E-state index in [1.54, 1.807) is 11.1 Å². The third-order valence-electron chi connectivity index (χ3n) is 6.32. The summed E-state index contributed by atoms with van der Waals surface area (Å²) >= 11 is 0. The van der Waals surface area contributed by atoms with Crippen LogP contribution in [0, 0.1) is 5.82 Å². The molecular formula is C22H27F2N7O2. The first kappa shape index (κ1) is 21.6. The highest BCUT2D eigenvalue weighted by Crippen LogP contribution is 2.28. The fourth-order valence-electron chi connectivity index (χ4n) is 4.62. The molecule has 4 heterocycles. The lowest BCUT2D eigenvalue weighted by Gasteiger charge is -2.34. The van der Waals surface area contributed by atoms with E-state index in [4.69, 9.17) is 4.74 Å². The van der Waals surface area contributed by atoms with Crippen molar-refractivity contribution in [1.82, 2.24) is 30.8 Å². The Balaban J connectivity index is 1.25. The number of amidine groups is 1. The fraction of sp³-hybridized carbons (Fsp3) is 0.500. The van der Waals surface area contributed by atoms with Crippen molar-refractivity contribution in [2.45, 2.75) is 43.9 Å². The van der Waals surface area contributed by atoms with Crippen molar-refractivity contribution in [3.63, 3.8) is 0 Å². The number of urea groups is 1. The van der Waals surface area contributed by atoms with E-state index in [-0.39, 0.29) is 24.0 Å². The minimum Gasteiger partial charge on any atom is -0.378 e. The number of ether oxygens (including phenoxy) is 1. The Morgan fingerprint density at radius 1 is 1.21 bits per heavy atom. The van der Waals surface area contributed by atoms with Crippen molar-refractivity contribution >= 4 is 22.9 Å². The number of aromatic nitrogens is 2. The van der Waals surface area contributed by atoms with Crippen LogP contribution in [0.15, 0.2) is 35.5 Å². The third-order valence-corrected chi connectivity index (χ3v) is 6.32. The number of carbonyl (C=O) groups excluding carboxylic acids is 1. The smallest absolute Gasteiger partial charge is 0.317 e. The minimum absolute atomic E-state index is 0.0133. The molecular weight excluding hydrogens is 432 g/mol. The number of pyridine rings is 1. The molecule has 1 saturated heterocycles. The van der Waals surface area contributed by atoms with Gasteiger partial charge in [-0.1, -0.05) is 0 Å². The second-order valence-corrected chi connectivity index (χ2v) is 8.59. The van der Waals surface area contributed by atoms with Crippen LogP contribution >= 0.6 is 0 Å². The first-order chi connectivity index (χ1) is 16.1. The normalized spacial score (nSPS) is 25.8. The molecule has 1 unspecified atom stereocenters.